The molecule has 7 heteroatoms. The number of nitrogens with one attached hydrogen (secondary N) is 1. The van der Waals surface area contributed by atoms with Crippen molar-refractivity contribution in [2.45, 2.75) is 45.2 Å². The second-order valence-corrected chi connectivity index (χ2v) is 7.67. The summed E-state index contributed by atoms with van der Waals surface area (Å²) in [5.74, 6) is 1.40. The van der Waals surface area contributed by atoms with Gasteiger partial charge in [0.1, 0.15) is 5.82 Å². The van der Waals surface area contributed by atoms with Crippen LogP contribution < -0.4 is 10.2 Å². The van der Waals surface area contributed by atoms with Crippen molar-refractivity contribution in [1.82, 2.24) is 19.9 Å². The lowest BCUT2D eigenvalue weighted by Gasteiger charge is -2.33. The van der Waals surface area contributed by atoms with Crippen molar-refractivity contribution in [2.75, 3.05) is 18.0 Å². The highest BCUT2D eigenvalue weighted by atomic mass is 32.1. The van der Waals surface area contributed by atoms with E-state index in [0.29, 0.717) is 0 Å². The summed E-state index contributed by atoms with van der Waals surface area (Å²) >= 11 is 1.65. The Balaban J connectivity index is 1.36. The van der Waals surface area contributed by atoms with Gasteiger partial charge in [0.2, 0.25) is 5.91 Å². The number of imidazole rings is 1. The van der Waals surface area contributed by atoms with Crippen molar-refractivity contribution < 1.29 is 4.79 Å². The Kier molecular flexibility index (Phi) is 4.26. The topological polar surface area (TPSA) is 63.1 Å². The van der Waals surface area contributed by atoms with Gasteiger partial charge < -0.3 is 14.8 Å². The van der Waals surface area contributed by atoms with Gasteiger partial charge in [-0.05, 0) is 26.2 Å². The molecule has 4 heterocycles. The number of amides is 1. The largest absolute Gasteiger partial charge is 0.351 e. The summed E-state index contributed by atoms with van der Waals surface area (Å²) < 4.78 is 2.19. The van der Waals surface area contributed by atoms with Crippen molar-refractivity contribution in [2.24, 2.45) is 5.92 Å². The summed E-state index contributed by atoms with van der Waals surface area (Å²) in [6.45, 7) is 4.64. The molecule has 6 nitrogen and oxygen atoms in total. The average molecular weight is 345 g/mol. The zero-order valence-electron chi connectivity index (χ0n) is 13.9. The van der Waals surface area contributed by atoms with Crippen LogP contribution >= 0.6 is 11.3 Å². The number of carbonyl (C=O) groups is 1. The Morgan fingerprint density at radius 1 is 1.38 bits per heavy atom. The number of aryl methyl sites for hydroxylation is 2. The molecular weight excluding hydrogens is 322 g/mol. The second kappa shape index (κ2) is 6.55. The molecule has 1 amide bonds. The number of thiazole rings is 1. The van der Waals surface area contributed by atoms with Crippen LogP contribution in [0.1, 0.15) is 30.8 Å². The molecule has 2 aromatic heterocycles. The van der Waals surface area contributed by atoms with Gasteiger partial charge >= 0.3 is 0 Å². The van der Waals surface area contributed by atoms with Gasteiger partial charge in [0, 0.05) is 49.9 Å². The van der Waals surface area contributed by atoms with Crippen LogP contribution in [0.4, 0.5) is 5.13 Å². The van der Waals surface area contributed by atoms with Crippen LogP contribution in [0.5, 0.6) is 0 Å². The standard InChI is InChI=1S/C17H23N5OS/c1-12-9-22-11-14(4-5-15(22)19-12)20-16(23)13-3-2-7-21(10-13)17-18-6-8-24-17/h6,8-9,13-14H,2-5,7,10-11H2,1H3,(H,20,23)/t13-,14-/m0/s1. The minimum atomic E-state index is 0.0635. The lowest BCUT2D eigenvalue weighted by atomic mass is 9.96. The first-order valence-corrected chi connectivity index (χ1v) is 9.54. The quantitative estimate of drug-likeness (QED) is 0.924. The molecule has 0 saturated carbocycles. The highest BCUT2D eigenvalue weighted by Crippen LogP contribution is 2.25. The molecule has 128 valence electrons. The van der Waals surface area contributed by atoms with Gasteiger partial charge in [-0.2, -0.15) is 0 Å². The molecule has 2 atom stereocenters. The van der Waals surface area contributed by atoms with Crippen molar-refractivity contribution in [3.63, 3.8) is 0 Å². The summed E-state index contributed by atoms with van der Waals surface area (Å²) in [5.41, 5.74) is 1.06. The minimum Gasteiger partial charge on any atom is -0.351 e. The number of nitrogens with zero attached hydrogens (tertiary/aromatic N) is 4. The molecule has 4 rings (SSSR count). The molecule has 2 aromatic rings. The monoisotopic (exact) mass is 345 g/mol. The highest BCUT2D eigenvalue weighted by molar-refractivity contribution is 7.13. The number of aromatic nitrogens is 3. The molecule has 1 saturated heterocycles. The number of fused-ring (bicyclic) bond motifs is 1. The van der Waals surface area contributed by atoms with Gasteiger partial charge in [0.05, 0.1) is 11.6 Å². The molecule has 0 radical (unpaired) electrons. The Morgan fingerprint density at radius 2 is 2.29 bits per heavy atom. The van der Waals surface area contributed by atoms with E-state index in [1.807, 2.05) is 18.5 Å². The smallest absolute Gasteiger partial charge is 0.225 e. The van der Waals surface area contributed by atoms with E-state index >= 15 is 0 Å². The minimum absolute atomic E-state index is 0.0635. The Hall–Kier alpha value is -1.89. The van der Waals surface area contributed by atoms with Crippen LogP contribution in [0.25, 0.3) is 0 Å². The van der Waals surface area contributed by atoms with E-state index < -0.39 is 0 Å². The van der Waals surface area contributed by atoms with E-state index in [1.165, 1.54) is 0 Å². The summed E-state index contributed by atoms with van der Waals surface area (Å²) in [4.78, 5) is 23.9. The number of hydrogen-bond acceptors (Lipinski definition) is 5. The average Bonchev–Trinajstić information content (AvgIpc) is 3.23. The van der Waals surface area contributed by atoms with Crippen molar-refractivity contribution in [3.05, 3.63) is 29.3 Å². The Bertz CT molecular complexity index is 711. The lowest BCUT2D eigenvalue weighted by Crippen LogP contribution is -2.48. The Morgan fingerprint density at radius 3 is 3.12 bits per heavy atom. The number of piperidine rings is 1. The molecule has 0 aromatic carbocycles. The first-order chi connectivity index (χ1) is 11.7. The van der Waals surface area contributed by atoms with Crippen LogP contribution in [-0.2, 0) is 17.8 Å². The zero-order valence-corrected chi connectivity index (χ0v) is 14.8. The van der Waals surface area contributed by atoms with Crippen LogP contribution in [0.2, 0.25) is 0 Å². The third kappa shape index (κ3) is 3.17. The SMILES string of the molecule is Cc1cn2c(n1)CC[C@H](NC(=O)[C@H]1CCCN(c3nccs3)C1)C2. The van der Waals surface area contributed by atoms with Crippen LogP contribution in [-0.4, -0.2) is 39.6 Å². The number of hydrogen-bond donors (Lipinski definition) is 1. The number of rotatable bonds is 3. The maximum absolute atomic E-state index is 12.7. The van der Waals surface area contributed by atoms with E-state index in [-0.39, 0.29) is 17.9 Å². The summed E-state index contributed by atoms with van der Waals surface area (Å²) in [6.07, 6.45) is 7.84. The third-order valence-electron chi connectivity index (χ3n) is 4.94. The molecule has 0 bridgehead atoms. The van der Waals surface area contributed by atoms with E-state index in [4.69, 9.17) is 0 Å². The Labute approximate surface area is 145 Å². The zero-order chi connectivity index (χ0) is 16.5. The second-order valence-electron chi connectivity index (χ2n) is 6.79. The predicted octanol–water partition coefficient (Wildman–Crippen LogP) is 2.00. The first kappa shape index (κ1) is 15.6. The van der Waals surface area contributed by atoms with Crippen LogP contribution in [0.3, 0.4) is 0 Å². The van der Waals surface area contributed by atoms with Crippen molar-refractivity contribution in [1.29, 1.82) is 0 Å². The van der Waals surface area contributed by atoms with Gasteiger partial charge in [0.25, 0.3) is 0 Å². The molecule has 24 heavy (non-hydrogen) atoms. The predicted molar refractivity (Wildman–Crippen MR) is 94.3 cm³/mol. The fourth-order valence-corrected chi connectivity index (χ4v) is 4.44. The normalized spacial score (nSPS) is 23.8. The fraction of sp³-hybridized carbons (Fsp3) is 0.588. The maximum Gasteiger partial charge on any atom is 0.225 e. The fourth-order valence-electron chi connectivity index (χ4n) is 3.76. The summed E-state index contributed by atoms with van der Waals surface area (Å²) in [7, 11) is 0. The van der Waals surface area contributed by atoms with Crippen molar-refractivity contribution >= 4 is 22.4 Å². The lowest BCUT2D eigenvalue weighted by molar-refractivity contribution is -0.126. The molecule has 0 aliphatic carbocycles. The maximum atomic E-state index is 12.7. The van der Waals surface area contributed by atoms with Crippen LogP contribution in [0.15, 0.2) is 17.8 Å². The molecular formula is C17H23N5OS. The van der Waals surface area contributed by atoms with Gasteiger partial charge in [-0.15, -0.1) is 11.3 Å². The third-order valence-corrected chi connectivity index (χ3v) is 5.77. The molecule has 0 unspecified atom stereocenters. The van der Waals surface area contributed by atoms with Crippen molar-refractivity contribution in [3.8, 4) is 0 Å². The summed E-state index contributed by atoms with van der Waals surface area (Å²) in [5, 5.41) is 6.30. The van der Waals surface area contributed by atoms with E-state index in [1.54, 1.807) is 11.3 Å². The first-order valence-electron chi connectivity index (χ1n) is 8.66. The highest BCUT2D eigenvalue weighted by Gasteiger charge is 2.29. The van der Waals surface area contributed by atoms with Gasteiger partial charge in [-0.1, -0.05) is 0 Å². The molecule has 2 aliphatic heterocycles. The van der Waals surface area contributed by atoms with E-state index in [0.717, 1.165) is 62.0 Å². The van der Waals surface area contributed by atoms with Gasteiger partial charge in [-0.3, -0.25) is 4.79 Å². The molecule has 0 spiro atoms. The number of anilines is 1. The van der Waals surface area contributed by atoms with E-state index in [2.05, 4.69) is 30.9 Å². The summed E-state index contributed by atoms with van der Waals surface area (Å²) in [6, 6.07) is 0.217. The molecule has 1 fully saturated rings. The van der Waals surface area contributed by atoms with Gasteiger partial charge in [0.15, 0.2) is 5.13 Å². The van der Waals surface area contributed by atoms with Gasteiger partial charge in [-0.25, -0.2) is 9.97 Å². The van der Waals surface area contributed by atoms with E-state index in [9.17, 15) is 4.79 Å². The molecule has 1 N–H and O–H groups in total. The number of carbonyl (C=O) groups excluding carboxylic acids is 1. The molecule has 2 aliphatic rings. The van der Waals surface area contributed by atoms with Crippen LogP contribution in [0, 0.1) is 12.8 Å².